The van der Waals surface area contributed by atoms with Crippen LogP contribution in [0.15, 0.2) is 23.8 Å². The van der Waals surface area contributed by atoms with Crippen molar-refractivity contribution in [1.82, 2.24) is 0 Å². The second-order valence-corrected chi connectivity index (χ2v) is 3.26. The minimum atomic E-state index is -0.372. The van der Waals surface area contributed by atoms with E-state index in [0.717, 1.165) is 23.9 Å². The minimum absolute atomic E-state index is 0.0798. The average Bonchev–Trinajstić information content (AvgIpc) is 2.22. The van der Waals surface area contributed by atoms with Gasteiger partial charge in [0.2, 0.25) is 0 Å². The molecule has 1 rings (SSSR count). The number of carbonyl (C=O) groups excluding carboxylic acids is 1. The van der Waals surface area contributed by atoms with Crippen LogP contribution in [0.4, 0.5) is 0 Å². The molecule has 2 atom stereocenters. The van der Waals surface area contributed by atoms with Crippen molar-refractivity contribution in [1.29, 1.82) is 0 Å². The van der Waals surface area contributed by atoms with Crippen molar-refractivity contribution in [3.63, 3.8) is 0 Å². The highest BCUT2D eigenvalue weighted by atomic mass is 16.7. The van der Waals surface area contributed by atoms with Crippen molar-refractivity contribution in [2.75, 3.05) is 13.7 Å². The second-order valence-electron chi connectivity index (χ2n) is 3.26. The van der Waals surface area contributed by atoms with Gasteiger partial charge in [0.1, 0.15) is 6.29 Å². The van der Waals surface area contributed by atoms with Gasteiger partial charge in [-0.15, -0.1) is 0 Å². The number of hydrogen-bond acceptors (Lipinski definition) is 3. The van der Waals surface area contributed by atoms with Crippen molar-refractivity contribution in [2.45, 2.75) is 19.6 Å². The third-order valence-electron chi connectivity index (χ3n) is 2.51. The lowest BCUT2D eigenvalue weighted by Gasteiger charge is -2.31. The summed E-state index contributed by atoms with van der Waals surface area (Å²) in [4.78, 5) is 10.8. The molecule has 1 aliphatic rings. The quantitative estimate of drug-likeness (QED) is 0.391. The second kappa shape index (κ2) is 5.08. The van der Waals surface area contributed by atoms with Crippen molar-refractivity contribution in [3.05, 3.63) is 23.8 Å². The molecule has 0 radical (unpaired) electrons. The lowest BCUT2D eigenvalue weighted by molar-refractivity contribution is -0.121. The van der Waals surface area contributed by atoms with Crippen LogP contribution in [-0.4, -0.2) is 26.3 Å². The first kappa shape index (κ1) is 11.1. The molecule has 0 saturated carbocycles. The molecule has 0 aromatic rings. The molecule has 0 bridgehead atoms. The zero-order valence-corrected chi connectivity index (χ0v) is 8.66. The summed E-state index contributed by atoms with van der Waals surface area (Å²) in [6, 6.07) is 0. The van der Waals surface area contributed by atoms with Gasteiger partial charge in [-0.05, 0) is 24.5 Å². The van der Waals surface area contributed by atoms with E-state index >= 15 is 0 Å². The van der Waals surface area contributed by atoms with E-state index in [1.54, 1.807) is 7.11 Å². The Bertz CT molecular complexity index is 255. The smallest absolute Gasteiger partial charge is 0.179 e. The van der Waals surface area contributed by atoms with Crippen molar-refractivity contribution >= 4 is 6.29 Å². The molecule has 78 valence electrons. The summed E-state index contributed by atoms with van der Waals surface area (Å²) in [5.74, 6) is 0.0798. The van der Waals surface area contributed by atoms with Crippen LogP contribution in [0.25, 0.3) is 0 Å². The molecule has 3 nitrogen and oxygen atoms in total. The highest BCUT2D eigenvalue weighted by Gasteiger charge is 2.28. The number of allylic oxidation sites excluding steroid dienone is 2. The van der Waals surface area contributed by atoms with Crippen LogP contribution < -0.4 is 0 Å². The number of carbonyl (C=O) groups is 1. The maximum Gasteiger partial charge on any atom is 0.179 e. The fourth-order valence-corrected chi connectivity index (χ4v) is 1.70. The molecule has 1 saturated heterocycles. The highest BCUT2D eigenvalue weighted by molar-refractivity contribution is 5.75. The van der Waals surface area contributed by atoms with Crippen LogP contribution in [0.1, 0.15) is 13.3 Å². The maximum atomic E-state index is 10.8. The van der Waals surface area contributed by atoms with Gasteiger partial charge >= 0.3 is 0 Å². The van der Waals surface area contributed by atoms with Crippen LogP contribution >= 0.6 is 0 Å². The van der Waals surface area contributed by atoms with Crippen LogP contribution in [0.3, 0.4) is 0 Å². The highest BCUT2D eigenvalue weighted by Crippen LogP contribution is 2.30. The van der Waals surface area contributed by atoms with Gasteiger partial charge in [-0.3, -0.25) is 4.79 Å². The molecule has 0 spiro atoms. The van der Waals surface area contributed by atoms with E-state index in [1.807, 2.05) is 13.0 Å². The topological polar surface area (TPSA) is 35.5 Å². The molecule has 1 unspecified atom stereocenters. The molecule has 1 aliphatic heterocycles. The summed E-state index contributed by atoms with van der Waals surface area (Å²) in [6.45, 7) is 6.37. The molecule has 14 heavy (non-hydrogen) atoms. The first-order valence-electron chi connectivity index (χ1n) is 4.69. The van der Waals surface area contributed by atoms with E-state index < -0.39 is 0 Å². The molecular formula is C11H16O3. The molecule has 0 N–H and O–H groups in total. The van der Waals surface area contributed by atoms with Gasteiger partial charge in [0.15, 0.2) is 6.29 Å². The summed E-state index contributed by atoms with van der Waals surface area (Å²) >= 11 is 0. The first-order chi connectivity index (χ1) is 6.74. The molecule has 0 amide bonds. The zero-order valence-electron chi connectivity index (χ0n) is 8.66. The van der Waals surface area contributed by atoms with E-state index in [2.05, 4.69) is 6.58 Å². The van der Waals surface area contributed by atoms with Gasteiger partial charge in [-0.1, -0.05) is 12.7 Å². The molecule has 3 heteroatoms. The molecule has 0 aliphatic carbocycles. The average molecular weight is 196 g/mol. The number of methoxy groups -OCH3 is 1. The molecule has 1 fully saturated rings. The monoisotopic (exact) mass is 196 g/mol. The van der Waals surface area contributed by atoms with E-state index in [1.165, 1.54) is 0 Å². The van der Waals surface area contributed by atoms with E-state index in [0.29, 0.717) is 6.61 Å². The largest absolute Gasteiger partial charge is 0.352 e. The Labute approximate surface area is 84.4 Å². The summed E-state index contributed by atoms with van der Waals surface area (Å²) in [5.41, 5.74) is 1.60. The molecule has 0 aromatic heterocycles. The third-order valence-corrected chi connectivity index (χ3v) is 2.51. The molecular weight excluding hydrogens is 180 g/mol. The van der Waals surface area contributed by atoms with Crippen molar-refractivity contribution in [3.8, 4) is 0 Å². The predicted molar refractivity (Wildman–Crippen MR) is 53.8 cm³/mol. The molecule has 0 aromatic carbocycles. The Balaban J connectivity index is 2.78. The lowest BCUT2D eigenvalue weighted by Crippen LogP contribution is -2.30. The summed E-state index contributed by atoms with van der Waals surface area (Å²) in [5, 5.41) is 0. The lowest BCUT2D eigenvalue weighted by atomic mass is 9.87. The number of hydrogen-bond donors (Lipinski definition) is 0. The Morgan fingerprint density at radius 3 is 2.93 bits per heavy atom. The zero-order chi connectivity index (χ0) is 10.6. The van der Waals surface area contributed by atoms with E-state index in [9.17, 15) is 4.79 Å². The van der Waals surface area contributed by atoms with Crippen molar-refractivity contribution in [2.24, 2.45) is 5.92 Å². The van der Waals surface area contributed by atoms with Gasteiger partial charge < -0.3 is 9.47 Å². The summed E-state index contributed by atoms with van der Waals surface area (Å²) in [6.07, 6.45) is 3.13. The van der Waals surface area contributed by atoms with Gasteiger partial charge in [-0.25, -0.2) is 0 Å². The van der Waals surface area contributed by atoms with Crippen LogP contribution in [0.2, 0.25) is 0 Å². The van der Waals surface area contributed by atoms with Crippen LogP contribution in [-0.2, 0) is 14.3 Å². The Morgan fingerprint density at radius 2 is 2.43 bits per heavy atom. The number of aldehydes is 1. The fourth-order valence-electron chi connectivity index (χ4n) is 1.70. The Morgan fingerprint density at radius 1 is 1.71 bits per heavy atom. The minimum Gasteiger partial charge on any atom is -0.352 e. The summed E-state index contributed by atoms with van der Waals surface area (Å²) in [7, 11) is 1.58. The number of ether oxygens (including phenoxy) is 2. The van der Waals surface area contributed by atoms with E-state index in [-0.39, 0.29) is 12.2 Å². The SMILES string of the molecule is C=C1C(OC)OCC[C@H]1/C(C=O)=C/C. The third kappa shape index (κ3) is 2.11. The molecule has 1 heterocycles. The van der Waals surface area contributed by atoms with Gasteiger partial charge in [-0.2, -0.15) is 0 Å². The van der Waals surface area contributed by atoms with Crippen molar-refractivity contribution < 1.29 is 14.3 Å². The summed E-state index contributed by atoms with van der Waals surface area (Å²) < 4.78 is 10.5. The Hall–Kier alpha value is -0.930. The van der Waals surface area contributed by atoms with Crippen LogP contribution in [0.5, 0.6) is 0 Å². The van der Waals surface area contributed by atoms with Crippen LogP contribution in [0, 0.1) is 5.92 Å². The van der Waals surface area contributed by atoms with Gasteiger partial charge in [0.05, 0.1) is 6.61 Å². The predicted octanol–water partition coefficient (Wildman–Crippen LogP) is 1.70. The van der Waals surface area contributed by atoms with E-state index in [4.69, 9.17) is 9.47 Å². The normalized spacial score (nSPS) is 29.0. The Kier molecular flexibility index (Phi) is 4.04. The first-order valence-corrected chi connectivity index (χ1v) is 4.69. The number of rotatable bonds is 3. The van der Waals surface area contributed by atoms with Gasteiger partial charge in [0.25, 0.3) is 0 Å². The maximum absolute atomic E-state index is 10.8. The van der Waals surface area contributed by atoms with Gasteiger partial charge in [0, 0.05) is 13.0 Å². The fraction of sp³-hybridized carbons (Fsp3) is 0.545. The standard InChI is InChI=1S/C11H16O3/c1-4-9(7-12)10-5-6-14-11(13-3)8(10)2/h4,7,10-11H,2,5-6H2,1,3H3/b9-4+/t10-,11?/m1/s1.